The summed E-state index contributed by atoms with van der Waals surface area (Å²) in [6, 6.07) is 27.5. The lowest BCUT2D eigenvalue weighted by Gasteiger charge is -2.68. The maximum absolute atomic E-state index is 16.0. The van der Waals surface area contributed by atoms with Gasteiger partial charge in [-0.3, -0.25) is 14.4 Å². The summed E-state index contributed by atoms with van der Waals surface area (Å²) in [4.78, 5) is 73.8. The van der Waals surface area contributed by atoms with E-state index in [0.717, 1.165) is 29.9 Å². The maximum Gasteiger partial charge on any atom is 0.408 e. The van der Waals surface area contributed by atoms with Crippen molar-refractivity contribution in [2.75, 3.05) is 6.61 Å². The summed E-state index contributed by atoms with van der Waals surface area (Å²) in [5.74, 6) is -4.37. The number of ether oxygens (including phenoxy) is 5. The van der Waals surface area contributed by atoms with Crippen LogP contribution < -0.4 is 5.32 Å². The summed E-state index contributed by atoms with van der Waals surface area (Å²) in [6.45, 7) is 19.1. The molecule has 3 N–H and O–H groups in total. The van der Waals surface area contributed by atoms with E-state index in [1.54, 1.807) is 103 Å². The first kappa shape index (κ1) is 53.9. The Morgan fingerprint density at radius 3 is 2.00 bits per heavy atom. The molecule has 0 radical (unpaired) electrons. The van der Waals surface area contributed by atoms with Crippen LogP contribution in [-0.4, -0.2) is 107 Å². The van der Waals surface area contributed by atoms with Crippen molar-refractivity contribution < 1.29 is 62.3 Å². The Labute approximate surface area is 423 Å². The summed E-state index contributed by atoms with van der Waals surface area (Å²) < 4.78 is 39.0. The Morgan fingerprint density at radius 1 is 0.887 bits per heavy atom. The number of ketones is 1. The van der Waals surface area contributed by atoms with Crippen molar-refractivity contribution in [1.82, 2.24) is 5.32 Å². The number of aliphatic hydroxyl groups is 2. The van der Waals surface area contributed by atoms with Crippen molar-refractivity contribution in [3.8, 4) is 0 Å². The Kier molecular flexibility index (Phi) is 15.6. The highest BCUT2D eigenvalue weighted by Gasteiger charge is 2.78. The van der Waals surface area contributed by atoms with Gasteiger partial charge in [0, 0.05) is 30.1 Å². The number of carbonyl (C=O) groups is 5. The van der Waals surface area contributed by atoms with Gasteiger partial charge in [-0.05, 0) is 93.7 Å². The van der Waals surface area contributed by atoms with Crippen LogP contribution >= 0.6 is 11.8 Å². The first-order valence-corrected chi connectivity index (χ1v) is 28.2. The highest BCUT2D eigenvalue weighted by atomic mass is 32.2. The highest BCUT2D eigenvalue weighted by Crippen LogP contribution is 2.65. The standard InChI is InChI=1S/C55H71NO13SSi/c1-12-71(13-2,14-3)69-39-30-40-54(32-64-40,67-34(5)57)45-47(66-48(60)36-26-20-16-21-27-36)55(63)31-38(33(4)41(52(55,9)10)43(58)46(59)53(39,45)11)65-49(61)44(70-37-28-22-17-23-29-37)42(35-24-18-15-19-25-35)56-50(62)68-51(6,7)8/h15-29,38-40,42-45,47,58,63H,12-14,30-32H2,1-11H3,(H,56,62)/t38-,39-,40+,42-,43+,44+,45?,47?,53+,54-,55+/m0/s1. The maximum atomic E-state index is 16.0. The molecular formula is C55H71NO13SSi. The third-order valence-corrected chi connectivity index (χ3v) is 21.8. The van der Waals surface area contributed by atoms with E-state index in [9.17, 15) is 24.6 Å². The van der Waals surface area contributed by atoms with E-state index in [2.05, 4.69) is 26.1 Å². The molecule has 0 aromatic heterocycles. The second-order valence-corrected chi connectivity index (χ2v) is 27.3. The molecule has 14 nitrogen and oxygen atoms in total. The number of aliphatic hydroxyl groups excluding tert-OH is 1. The normalized spacial score (nSPS) is 29.9. The van der Waals surface area contributed by atoms with Crippen LogP contribution in [0.2, 0.25) is 18.1 Å². The topological polar surface area (TPSA) is 193 Å². The van der Waals surface area contributed by atoms with Crippen LogP contribution in [0.15, 0.2) is 107 Å². The van der Waals surface area contributed by atoms with Gasteiger partial charge in [0.05, 0.1) is 35.6 Å². The highest BCUT2D eigenvalue weighted by molar-refractivity contribution is 8.00. The van der Waals surface area contributed by atoms with Crippen LogP contribution in [-0.2, 0) is 42.5 Å². The molecule has 1 amide bonds. The van der Waals surface area contributed by atoms with Crippen LogP contribution in [0, 0.1) is 16.7 Å². The van der Waals surface area contributed by atoms with E-state index in [1.165, 1.54) is 6.92 Å². The molecule has 3 aromatic carbocycles. The van der Waals surface area contributed by atoms with Gasteiger partial charge in [-0.1, -0.05) is 101 Å². The number of amides is 1. The van der Waals surface area contributed by atoms with Crippen molar-refractivity contribution in [2.45, 2.75) is 171 Å². The number of carbonyl (C=O) groups excluding carboxylic acids is 5. The number of hydrogen-bond donors (Lipinski definition) is 3. The Bertz CT molecular complexity index is 2470. The number of nitrogens with one attached hydrogen (secondary N) is 1. The fraction of sp³-hybridized carbons (Fsp3) is 0.545. The van der Waals surface area contributed by atoms with Crippen LogP contribution in [0.4, 0.5) is 4.79 Å². The summed E-state index contributed by atoms with van der Waals surface area (Å²) in [5, 5.41) is 28.9. The van der Waals surface area contributed by atoms with Gasteiger partial charge < -0.3 is 43.6 Å². The predicted molar refractivity (Wildman–Crippen MR) is 270 cm³/mol. The van der Waals surface area contributed by atoms with Crippen LogP contribution in [0.3, 0.4) is 0 Å². The fourth-order valence-corrected chi connectivity index (χ4v) is 15.8. The fourth-order valence-electron chi connectivity index (χ4n) is 11.8. The van der Waals surface area contributed by atoms with Gasteiger partial charge in [0.1, 0.15) is 40.9 Å². The molecule has 0 spiro atoms. The zero-order valence-electron chi connectivity index (χ0n) is 42.8. The van der Waals surface area contributed by atoms with Crippen molar-refractivity contribution >= 4 is 49.9 Å². The van der Waals surface area contributed by atoms with Crippen molar-refractivity contribution in [2.24, 2.45) is 16.7 Å². The molecular weight excluding hydrogens is 943 g/mol. The van der Waals surface area contributed by atoms with E-state index in [1.807, 2.05) is 36.4 Å². The van der Waals surface area contributed by atoms with Gasteiger partial charge >= 0.3 is 24.0 Å². The lowest BCUT2D eigenvalue weighted by atomic mass is 9.44. The smallest absolute Gasteiger partial charge is 0.408 e. The van der Waals surface area contributed by atoms with E-state index in [4.69, 9.17) is 28.1 Å². The molecule has 3 fully saturated rings. The van der Waals surface area contributed by atoms with Gasteiger partial charge in [0.2, 0.25) is 0 Å². The predicted octanol–water partition coefficient (Wildman–Crippen LogP) is 9.09. The van der Waals surface area contributed by atoms with Gasteiger partial charge in [-0.25, -0.2) is 9.59 Å². The number of hydrogen-bond acceptors (Lipinski definition) is 14. The molecule has 16 heteroatoms. The van der Waals surface area contributed by atoms with Gasteiger partial charge in [-0.2, -0.15) is 0 Å². The summed E-state index contributed by atoms with van der Waals surface area (Å²) in [6.07, 6.45) is -7.77. The molecule has 2 saturated carbocycles. The molecule has 11 atom stereocenters. The van der Waals surface area contributed by atoms with Crippen LogP contribution in [0.5, 0.6) is 0 Å². The average molecular weight is 1010 g/mol. The van der Waals surface area contributed by atoms with Gasteiger partial charge in [0.15, 0.2) is 19.7 Å². The summed E-state index contributed by atoms with van der Waals surface area (Å²) in [5.41, 5.74) is -7.02. The molecule has 3 aromatic rings. The Balaban J connectivity index is 1.43. The number of esters is 3. The summed E-state index contributed by atoms with van der Waals surface area (Å²) in [7, 11) is -2.59. The molecule has 2 unspecified atom stereocenters. The second kappa shape index (κ2) is 20.6. The van der Waals surface area contributed by atoms with E-state index in [0.29, 0.717) is 16.0 Å². The second-order valence-electron chi connectivity index (χ2n) is 21.3. The van der Waals surface area contributed by atoms with Gasteiger partial charge in [-0.15, -0.1) is 11.8 Å². The SMILES string of the molecule is CC[Si](CC)(CC)O[C@H]1C[C@H]2OC[C@@]2(OC(C)=O)C2C(OC(=O)c3ccccc3)[C@]3(O)C[C@H](OC(=O)[C@H](Sc4ccccc4)[C@@H](NC(=O)OC(C)(C)C)c4ccccc4)C(C)=C([C@@H](O)C(=O)[C@@]21C)C3(C)C. The number of thioether (sulfide) groups is 1. The van der Waals surface area contributed by atoms with Crippen LogP contribution in [0.1, 0.15) is 111 Å². The largest absolute Gasteiger partial charge is 0.457 e. The quantitative estimate of drug-likeness (QED) is 0.0429. The molecule has 384 valence electrons. The number of rotatable bonds is 15. The molecule has 71 heavy (non-hydrogen) atoms. The van der Waals surface area contributed by atoms with E-state index < -0.39 is 120 Å². The summed E-state index contributed by atoms with van der Waals surface area (Å²) >= 11 is 1.15. The first-order valence-electron chi connectivity index (χ1n) is 24.8. The molecule has 3 aliphatic carbocycles. The Morgan fingerprint density at radius 2 is 1.46 bits per heavy atom. The van der Waals surface area contributed by atoms with Gasteiger partial charge in [0.25, 0.3) is 0 Å². The number of Topliss-reactive ketones (excluding diaryl/α,β-unsaturated/α-hetero) is 1. The zero-order chi connectivity index (χ0) is 51.9. The number of fused-ring (bicyclic) bond motifs is 5. The molecule has 2 bridgehead atoms. The third-order valence-electron chi connectivity index (χ3n) is 15.8. The minimum Gasteiger partial charge on any atom is -0.457 e. The molecule has 4 aliphatic rings. The average Bonchev–Trinajstić information content (AvgIpc) is 3.32. The minimum absolute atomic E-state index is 0.0884. The first-order chi connectivity index (χ1) is 33.4. The number of benzene rings is 3. The number of alkyl carbamates (subject to hydrolysis) is 1. The molecule has 1 aliphatic heterocycles. The van der Waals surface area contributed by atoms with Crippen molar-refractivity contribution in [3.05, 3.63) is 113 Å². The van der Waals surface area contributed by atoms with Crippen LogP contribution in [0.25, 0.3) is 0 Å². The lowest BCUT2D eigenvalue weighted by molar-refractivity contribution is -0.344. The van der Waals surface area contributed by atoms with E-state index in [-0.39, 0.29) is 24.2 Å². The molecule has 1 heterocycles. The van der Waals surface area contributed by atoms with E-state index >= 15 is 9.59 Å². The van der Waals surface area contributed by atoms with Crippen molar-refractivity contribution in [1.29, 1.82) is 0 Å². The zero-order valence-corrected chi connectivity index (χ0v) is 44.6. The Hall–Kier alpha value is -4.84. The van der Waals surface area contributed by atoms with Crippen molar-refractivity contribution in [3.63, 3.8) is 0 Å². The third kappa shape index (κ3) is 10.0. The minimum atomic E-state index is -2.59. The molecule has 7 rings (SSSR count). The molecule has 1 saturated heterocycles. The monoisotopic (exact) mass is 1010 g/mol. The lowest BCUT2D eigenvalue weighted by Crippen LogP contribution is -2.82.